The van der Waals surface area contributed by atoms with Gasteiger partial charge in [0.15, 0.2) is 0 Å². The number of aryl methyl sites for hydroxylation is 1. The van der Waals surface area contributed by atoms with Gasteiger partial charge in [0.05, 0.1) is 23.2 Å². The van der Waals surface area contributed by atoms with Crippen LogP contribution in [-0.2, 0) is 11.2 Å². The van der Waals surface area contributed by atoms with Gasteiger partial charge in [0, 0.05) is 30.8 Å². The lowest BCUT2D eigenvalue weighted by Crippen LogP contribution is -2.27. The predicted octanol–water partition coefficient (Wildman–Crippen LogP) is 3.74. The van der Waals surface area contributed by atoms with Gasteiger partial charge in [-0.25, -0.2) is 14.8 Å². The average molecular weight is 401 g/mol. The average Bonchev–Trinajstić information content (AvgIpc) is 3.32. The van der Waals surface area contributed by atoms with Crippen molar-refractivity contribution in [3.63, 3.8) is 0 Å². The molecular formula is C20H24N4O3S. The Morgan fingerprint density at radius 3 is 2.89 bits per heavy atom. The fourth-order valence-corrected chi connectivity index (χ4v) is 4.54. The van der Waals surface area contributed by atoms with Crippen LogP contribution < -0.4 is 15.0 Å². The Hall–Kier alpha value is -2.48. The number of fused-ring (bicyclic) bond motifs is 1. The van der Waals surface area contributed by atoms with Crippen molar-refractivity contribution < 1.29 is 14.3 Å². The summed E-state index contributed by atoms with van der Waals surface area (Å²) in [5, 5.41) is 2.78. The quantitative estimate of drug-likeness (QED) is 0.819. The van der Waals surface area contributed by atoms with Gasteiger partial charge < -0.3 is 14.4 Å². The Balaban J connectivity index is 1.31. The second kappa shape index (κ2) is 8.26. The second-order valence-electron chi connectivity index (χ2n) is 7.15. The van der Waals surface area contributed by atoms with E-state index in [0.717, 1.165) is 42.4 Å². The molecule has 2 aromatic rings. The molecule has 1 N–H and O–H groups in total. The van der Waals surface area contributed by atoms with Gasteiger partial charge >= 0.3 is 6.09 Å². The Kier molecular flexibility index (Phi) is 5.57. The normalized spacial score (nSPS) is 18.2. The summed E-state index contributed by atoms with van der Waals surface area (Å²) in [5.74, 6) is 2.80. The molecule has 4 rings (SSSR count). The lowest BCUT2D eigenvalue weighted by Gasteiger charge is -2.19. The number of carbonyl (C=O) groups excluding carboxylic acids is 1. The number of rotatable bonds is 5. The second-order valence-corrected chi connectivity index (χ2v) is 8.25. The summed E-state index contributed by atoms with van der Waals surface area (Å²) in [6, 6.07) is 7.28. The lowest BCUT2D eigenvalue weighted by atomic mass is 10.3. The molecule has 0 radical (unpaired) electrons. The Morgan fingerprint density at radius 1 is 1.29 bits per heavy atom. The molecule has 1 aromatic carbocycles. The molecule has 0 saturated carbocycles. The number of hydrogen-bond donors (Lipinski definition) is 1. The van der Waals surface area contributed by atoms with Crippen LogP contribution in [0, 0.1) is 0 Å². The van der Waals surface area contributed by atoms with E-state index in [9.17, 15) is 4.79 Å². The maximum absolute atomic E-state index is 12.2. The molecule has 28 heavy (non-hydrogen) atoms. The Bertz CT molecular complexity index is 844. The van der Waals surface area contributed by atoms with Crippen LogP contribution in [0.2, 0.25) is 0 Å². The summed E-state index contributed by atoms with van der Waals surface area (Å²) < 4.78 is 11.2. The summed E-state index contributed by atoms with van der Waals surface area (Å²) in [5.41, 5.74) is 1.81. The van der Waals surface area contributed by atoms with Crippen molar-refractivity contribution in [2.75, 3.05) is 29.1 Å². The maximum atomic E-state index is 12.2. The summed E-state index contributed by atoms with van der Waals surface area (Å²) >= 11 is 1.81. The number of aromatic nitrogens is 2. The first-order chi connectivity index (χ1) is 13.6. The summed E-state index contributed by atoms with van der Waals surface area (Å²) in [7, 11) is 0. The first kappa shape index (κ1) is 18.9. The molecule has 1 unspecified atom stereocenters. The number of carbonyl (C=O) groups is 1. The third kappa shape index (κ3) is 4.32. The first-order valence-corrected chi connectivity index (χ1v) is 10.5. The van der Waals surface area contributed by atoms with Crippen LogP contribution >= 0.6 is 11.8 Å². The number of benzene rings is 1. The third-order valence-corrected chi connectivity index (χ3v) is 5.75. The van der Waals surface area contributed by atoms with Crippen molar-refractivity contribution >= 4 is 29.4 Å². The summed E-state index contributed by atoms with van der Waals surface area (Å²) in [4.78, 5) is 24.4. The maximum Gasteiger partial charge on any atom is 0.411 e. The number of thioether (sulfide) groups is 1. The SMILES string of the molecule is CC(C)Oc1ccc(NC(=O)OC2CCN(c3ncnc4c3SCC4)C2)cc1. The molecule has 0 spiro atoms. The molecule has 2 aliphatic rings. The van der Waals surface area contributed by atoms with Crippen molar-refractivity contribution in [3.05, 3.63) is 36.3 Å². The van der Waals surface area contributed by atoms with E-state index in [4.69, 9.17) is 9.47 Å². The molecule has 0 aliphatic carbocycles. The van der Waals surface area contributed by atoms with Crippen LogP contribution in [0.3, 0.4) is 0 Å². The van der Waals surface area contributed by atoms with Crippen LogP contribution in [0.5, 0.6) is 5.75 Å². The number of ether oxygens (including phenoxy) is 2. The summed E-state index contributed by atoms with van der Waals surface area (Å²) in [6.45, 7) is 5.42. The largest absolute Gasteiger partial charge is 0.491 e. The number of nitrogens with one attached hydrogen (secondary N) is 1. The predicted molar refractivity (Wildman–Crippen MR) is 109 cm³/mol. The molecule has 7 nitrogen and oxygen atoms in total. The van der Waals surface area contributed by atoms with Crippen LogP contribution in [0.1, 0.15) is 26.0 Å². The number of amides is 1. The van der Waals surface area contributed by atoms with Crippen LogP contribution in [0.4, 0.5) is 16.3 Å². The molecule has 3 heterocycles. The molecule has 0 bridgehead atoms. The monoisotopic (exact) mass is 400 g/mol. The van der Waals surface area contributed by atoms with E-state index in [1.54, 1.807) is 30.2 Å². The van der Waals surface area contributed by atoms with E-state index in [1.807, 2.05) is 26.0 Å². The van der Waals surface area contributed by atoms with Crippen molar-refractivity contribution in [2.24, 2.45) is 0 Å². The van der Waals surface area contributed by atoms with Gasteiger partial charge in [-0.15, -0.1) is 11.8 Å². The molecule has 1 saturated heterocycles. The number of hydrogen-bond acceptors (Lipinski definition) is 7. The van der Waals surface area contributed by atoms with Gasteiger partial charge in [0.25, 0.3) is 0 Å². The highest BCUT2D eigenvalue weighted by Crippen LogP contribution is 2.37. The first-order valence-electron chi connectivity index (χ1n) is 9.54. The van der Waals surface area contributed by atoms with Crippen molar-refractivity contribution in [1.29, 1.82) is 0 Å². The third-order valence-electron chi connectivity index (χ3n) is 4.63. The van der Waals surface area contributed by atoms with Gasteiger partial charge in [0.1, 0.15) is 24.0 Å². The smallest absolute Gasteiger partial charge is 0.411 e. The molecule has 1 amide bonds. The van der Waals surface area contributed by atoms with Gasteiger partial charge in [-0.05, 0) is 38.1 Å². The molecular weight excluding hydrogens is 376 g/mol. The zero-order chi connectivity index (χ0) is 19.5. The van der Waals surface area contributed by atoms with E-state index < -0.39 is 6.09 Å². The molecule has 1 aromatic heterocycles. The Labute approximate surface area is 168 Å². The van der Waals surface area contributed by atoms with Gasteiger partial charge in [0.2, 0.25) is 0 Å². The standard InChI is InChI=1S/C20H24N4O3S/c1-13(2)26-15-5-3-14(4-6-15)23-20(25)27-16-7-9-24(11-16)19-18-17(8-10-28-18)21-12-22-19/h3-6,12-13,16H,7-11H2,1-2H3,(H,23,25). The Morgan fingerprint density at radius 2 is 2.11 bits per heavy atom. The topological polar surface area (TPSA) is 76.6 Å². The van der Waals surface area contributed by atoms with E-state index in [2.05, 4.69) is 20.2 Å². The van der Waals surface area contributed by atoms with E-state index >= 15 is 0 Å². The van der Waals surface area contributed by atoms with Crippen LogP contribution in [0.25, 0.3) is 0 Å². The number of anilines is 2. The van der Waals surface area contributed by atoms with Crippen molar-refractivity contribution in [1.82, 2.24) is 9.97 Å². The van der Waals surface area contributed by atoms with Gasteiger partial charge in [-0.1, -0.05) is 0 Å². The van der Waals surface area contributed by atoms with E-state index in [-0.39, 0.29) is 12.2 Å². The molecule has 8 heteroatoms. The lowest BCUT2D eigenvalue weighted by molar-refractivity contribution is 0.122. The zero-order valence-corrected chi connectivity index (χ0v) is 16.9. The fourth-order valence-electron chi connectivity index (χ4n) is 3.40. The number of nitrogens with zero attached hydrogens (tertiary/aromatic N) is 3. The minimum atomic E-state index is -0.438. The minimum absolute atomic E-state index is 0.114. The molecule has 148 valence electrons. The molecule has 1 fully saturated rings. The zero-order valence-electron chi connectivity index (χ0n) is 16.1. The highest BCUT2D eigenvalue weighted by atomic mass is 32.2. The molecule has 2 aliphatic heterocycles. The fraction of sp³-hybridized carbons (Fsp3) is 0.450. The van der Waals surface area contributed by atoms with E-state index in [0.29, 0.717) is 12.2 Å². The van der Waals surface area contributed by atoms with E-state index in [1.165, 1.54) is 4.90 Å². The van der Waals surface area contributed by atoms with Crippen molar-refractivity contribution in [2.45, 2.75) is 43.8 Å². The summed E-state index contributed by atoms with van der Waals surface area (Å²) in [6.07, 6.45) is 2.94. The minimum Gasteiger partial charge on any atom is -0.491 e. The van der Waals surface area contributed by atoms with Gasteiger partial charge in [-0.3, -0.25) is 5.32 Å². The highest BCUT2D eigenvalue weighted by molar-refractivity contribution is 7.99. The van der Waals surface area contributed by atoms with Gasteiger partial charge in [-0.2, -0.15) is 0 Å². The molecule has 1 atom stereocenters. The van der Waals surface area contributed by atoms with Crippen LogP contribution in [-0.4, -0.2) is 47.1 Å². The highest BCUT2D eigenvalue weighted by Gasteiger charge is 2.30. The van der Waals surface area contributed by atoms with Crippen LogP contribution in [0.15, 0.2) is 35.5 Å². The van der Waals surface area contributed by atoms with Crippen molar-refractivity contribution in [3.8, 4) is 5.75 Å².